The lowest BCUT2D eigenvalue weighted by Gasteiger charge is -2.02. The molecule has 0 unspecified atom stereocenters. The monoisotopic (exact) mass is 186 g/mol. The second kappa shape index (κ2) is 3.18. The standard InChI is InChI=1S/C9H6N4O/c10-6-7-1-2-8(9(14)5-7)13-4-3-11-12-13/h1-5,14H. The Hall–Kier alpha value is -2.35. The SMILES string of the molecule is N#Cc1ccc(-n2ccnn2)c(O)c1. The zero-order valence-corrected chi connectivity index (χ0v) is 7.12. The Morgan fingerprint density at radius 3 is 2.86 bits per heavy atom. The molecule has 2 aromatic rings. The van der Waals surface area contributed by atoms with E-state index < -0.39 is 0 Å². The fraction of sp³-hybridized carbons (Fsp3) is 0. The molecule has 0 amide bonds. The van der Waals surface area contributed by atoms with Gasteiger partial charge in [-0.25, -0.2) is 4.68 Å². The molecule has 5 nitrogen and oxygen atoms in total. The first-order valence-electron chi connectivity index (χ1n) is 3.91. The van der Waals surface area contributed by atoms with Gasteiger partial charge < -0.3 is 5.11 Å². The van der Waals surface area contributed by atoms with Crippen molar-refractivity contribution < 1.29 is 5.11 Å². The van der Waals surface area contributed by atoms with E-state index in [0.29, 0.717) is 11.3 Å². The van der Waals surface area contributed by atoms with Crippen molar-refractivity contribution in [2.75, 3.05) is 0 Å². The third-order valence-electron chi connectivity index (χ3n) is 1.77. The highest BCUT2D eigenvalue weighted by Crippen LogP contribution is 2.21. The van der Waals surface area contributed by atoms with E-state index in [-0.39, 0.29) is 5.75 Å². The van der Waals surface area contributed by atoms with Crippen molar-refractivity contribution in [3.05, 3.63) is 36.2 Å². The van der Waals surface area contributed by atoms with Gasteiger partial charge in [0.25, 0.3) is 0 Å². The van der Waals surface area contributed by atoms with Crippen molar-refractivity contribution in [2.24, 2.45) is 0 Å². The van der Waals surface area contributed by atoms with E-state index in [1.807, 2.05) is 6.07 Å². The fourth-order valence-electron chi connectivity index (χ4n) is 1.12. The van der Waals surface area contributed by atoms with Gasteiger partial charge in [0, 0.05) is 0 Å². The van der Waals surface area contributed by atoms with E-state index in [9.17, 15) is 5.11 Å². The van der Waals surface area contributed by atoms with Crippen LogP contribution in [0.3, 0.4) is 0 Å². The van der Waals surface area contributed by atoms with Gasteiger partial charge in [-0.2, -0.15) is 5.26 Å². The average Bonchev–Trinajstić information content (AvgIpc) is 2.70. The van der Waals surface area contributed by atoms with Crippen LogP contribution < -0.4 is 0 Å². The molecule has 2 rings (SSSR count). The fourth-order valence-corrected chi connectivity index (χ4v) is 1.12. The molecule has 1 heterocycles. The van der Waals surface area contributed by atoms with Crippen molar-refractivity contribution in [3.8, 4) is 17.5 Å². The summed E-state index contributed by atoms with van der Waals surface area (Å²) in [5.74, 6) is 0.00884. The molecule has 0 spiro atoms. The van der Waals surface area contributed by atoms with E-state index >= 15 is 0 Å². The molecule has 5 heteroatoms. The van der Waals surface area contributed by atoms with Gasteiger partial charge in [0.1, 0.15) is 11.4 Å². The van der Waals surface area contributed by atoms with Crippen LogP contribution in [0.25, 0.3) is 5.69 Å². The molecule has 0 aliphatic rings. The van der Waals surface area contributed by atoms with Gasteiger partial charge in [0.2, 0.25) is 0 Å². The largest absolute Gasteiger partial charge is 0.506 e. The second-order valence-electron chi connectivity index (χ2n) is 2.66. The van der Waals surface area contributed by atoms with Crippen molar-refractivity contribution in [1.82, 2.24) is 15.0 Å². The highest BCUT2D eigenvalue weighted by molar-refractivity contribution is 5.49. The summed E-state index contributed by atoms with van der Waals surface area (Å²) >= 11 is 0. The Bertz CT molecular complexity index is 484. The first-order valence-corrected chi connectivity index (χ1v) is 3.91. The molecule has 0 atom stereocenters. The Morgan fingerprint density at radius 1 is 1.43 bits per heavy atom. The first-order chi connectivity index (χ1) is 6.81. The van der Waals surface area contributed by atoms with Gasteiger partial charge in [-0.3, -0.25) is 0 Å². The summed E-state index contributed by atoms with van der Waals surface area (Å²) in [6, 6.07) is 6.54. The summed E-state index contributed by atoms with van der Waals surface area (Å²) in [5.41, 5.74) is 0.910. The maximum atomic E-state index is 9.55. The van der Waals surface area contributed by atoms with Crippen LogP contribution in [0.2, 0.25) is 0 Å². The van der Waals surface area contributed by atoms with E-state index in [0.717, 1.165) is 0 Å². The van der Waals surface area contributed by atoms with Crippen LogP contribution in [-0.2, 0) is 0 Å². The molecule has 1 aromatic heterocycles. The number of hydrogen-bond donors (Lipinski definition) is 1. The maximum absolute atomic E-state index is 9.55. The van der Waals surface area contributed by atoms with E-state index in [2.05, 4.69) is 10.3 Å². The summed E-state index contributed by atoms with van der Waals surface area (Å²) in [7, 11) is 0. The van der Waals surface area contributed by atoms with Crippen LogP contribution in [-0.4, -0.2) is 20.1 Å². The number of benzene rings is 1. The number of rotatable bonds is 1. The number of phenols is 1. The van der Waals surface area contributed by atoms with Crippen LogP contribution >= 0.6 is 0 Å². The Morgan fingerprint density at radius 2 is 2.29 bits per heavy atom. The molecule has 1 N–H and O–H groups in total. The lowest BCUT2D eigenvalue weighted by atomic mass is 10.2. The molecule has 14 heavy (non-hydrogen) atoms. The third kappa shape index (κ3) is 1.29. The summed E-state index contributed by atoms with van der Waals surface area (Å²) in [4.78, 5) is 0. The predicted molar refractivity (Wildman–Crippen MR) is 47.7 cm³/mol. The molecular formula is C9H6N4O. The highest BCUT2D eigenvalue weighted by Gasteiger charge is 2.04. The number of aromatic nitrogens is 3. The molecule has 1 aromatic carbocycles. The van der Waals surface area contributed by atoms with Gasteiger partial charge in [-0.15, -0.1) is 5.10 Å². The quantitative estimate of drug-likeness (QED) is 0.716. The minimum Gasteiger partial charge on any atom is -0.506 e. The van der Waals surface area contributed by atoms with E-state index in [1.165, 1.54) is 16.9 Å². The van der Waals surface area contributed by atoms with Crippen LogP contribution in [0.1, 0.15) is 5.56 Å². The number of aromatic hydroxyl groups is 1. The molecule has 68 valence electrons. The number of nitrogens with zero attached hydrogens (tertiary/aromatic N) is 4. The van der Waals surface area contributed by atoms with Crippen molar-refractivity contribution >= 4 is 0 Å². The number of phenolic OH excluding ortho intramolecular Hbond substituents is 1. The minimum atomic E-state index is 0.00884. The summed E-state index contributed by atoms with van der Waals surface area (Å²) < 4.78 is 1.43. The Labute approximate surface area is 79.8 Å². The van der Waals surface area contributed by atoms with Crippen molar-refractivity contribution in [1.29, 1.82) is 5.26 Å². The molecule has 0 bridgehead atoms. The minimum absolute atomic E-state index is 0.00884. The van der Waals surface area contributed by atoms with Gasteiger partial charge >= 0.3 is 0 Å². The van der Waals surface area contributed by atoms with Gasteiger partial charge in [0.15, 0.2) is 0 Å². The molecule has 0 aliphatic heterocycles. The van der Waals surface area contributed by atoms with Gasteiger partial charge in [-0.1, -0.05) is 5.21 Å². The molecule has 0 radical (unpaired) electrons. The van der Waals surface area contributed by atoms with Gasteiger partial charge in [0.05, 0.1) is 24.0 Å². The summed E-state index contributed by atoms with van der Waals surface area (Å²) in [6.45, 7) is 0. The molecule has 0 aliphatic carbocycles. The molecule has 0 fully saturated rings. The number of nitriles is 1. The molecule has 0 saturated heterocycles. The lowest BCUT2D eigenvalue weighted by Crippen LogP contribution is -1.95. The lowest BCUT2D eigenvalue weighted by molar-refractivity contribution is 0.469. The zero-order valence-electron chi connectivity index (χ0n) is 7.12. The van der Waals surface area contributed by atoms with Crippen LogP contribution in [0.4, 0.5) is 0 Å². The second-order valence-corrected chi connectivity index (χ2v) is 2.66. The smallest absolute Gasteiger partial charge is 0.142 e. The third-order valence-corrected chi connectivity index (χ3v) is 1.77. The van der Waals surface area contributed by atoms with E-state index in [1.54, 1.807) is 18.3 Å². The summed E-state index contributed by atoms with van der Waals surface area (Å²) in [6.07, 6.45) is 3.12. The topological polar surface area (TPSA) is 74.7 Å². The molecular weight excluding hydrogens is 180 g/mol. The van der Waals surface area contributed by atoms with E-state index in [4.69, 9.17) is 5.26 Å². The Kier molecular flexibility index (Phi) is 1.88. The van der Waals surface area contributed by atoms with Crippen LogP contribution in [0, 0.1) is 11.3 Å². The predicted octanol–water partition coefficient (Wildman–Crippen LogP) is 0.845. The van der Waals surface area contributed by atoms with Crippen LogP contribution in [0.15, 0.2) is 30.6 Å². The van der Waals surface area contributed by atoms with Crippen molar-refractivity contribution in [2.45, 2.75) is 0 Å². The zero-order chi connectivity index (χ0) is 9.97. The van der Waals surface area contributed by atoms with Crippen molar-refractivity contribution in [3.63, 3.8) is 0 Å². The normalized spacial score (nSPS) is 9.64. The van der Waals surface area contributed by atoms with Gasteiger partial charge in [-0.05, 0) is 18.2 Å². The van der Waals surface area contributed by atoms with Crippen LogP contribution in [0.5, 0.6) is 5.75 Å². The number of hydrogen-bond acceptors (Lipinski definition) is 4. The summed E-state index contributed by atoms with van der Waals surface area (Å²) in [5, 5.41) is 25.5. The Balaban J connectivity index is 2.52. The highest BCUT2D eigenvalue weighted by atomic mass is 16.3. The first kappa shape index (κ1) is 8.26. The molecule has 0 saturated carbocycles. The average molecular weight is 186 g/mol. The maximum Gasteiger partial charge on any atom is 0.142 e.